The van der Waals surface area contributed by atoms with Gasteiger partial charge in [-0.3, -0.25) is 0 Å². The molecule has 2 unspecified atom stereocenters. The lowest BCUT2D eigenvalue weighted by molar-refractivity contribution is 0.517. The molecule has 20 heavy (non-hydrogen) atoms. The number of alkyl halides is 1. The predicted octanol–water partition coefficient (Wildman–Crippen LogP) is 4.58. The molecule has 0 fully saturated rings. The van der Waals surface area contributed by atoms with Crippen LogP contribution in [-0.2, 0) is 13.0 Å². The average Bonchev–Trinajstić information content (AvgIpc) is 2.74. The fraction of sp³-hybridized carbons (Fsp3) is 0.250. The van der Waals surface area contributed by atoms with Gasteiger partial charge in [0.15, 0.2) is 0 Å². The second-order valence-corrected chi connectivity index (χ2v) is 6.49. The summed E-state index contributed by atoms with van der Waals surface area (Å²) in [6.07, 6.45) is 0.859. The van der Waals surface area contributed by atoms with Gasteiger partial charge in [0.05, 0.1) is 5.38 Å². The largest absolute Gasteiger partial charge is 0.304 e. The van der Waals surface area contributed by atoms with Gasteiger partial charge in [-0.2, -0.15) is 0 Å². The Morgan fingerprint density at radius 3 is 2.85 bits per heavy atom. The molecule has 0 aliphatic heterocycles. The van der Waals surface area contributed by atoms with Crippen molar-refractivity contribution in [3.8, 4) is 0 Å². The van der Waals surface area contributed by atoms with E-state index in [1.165, 1.54) is 17.2 Å². The van der Waals surface area contributed by atoms with Crippen molar-refractivity contribution in [2.24, 2.45) is 0 Å². The number of nitrogens with one attached hydrogen (secondary N) is 1. The summed E-state index contributed by atoms with van der Waals surface area (Å²) in [5.74, 6) is -0.204. The Hall–Kier alpha value is -0.900. The van der Waals surface area contributed by atoms with E-state index in [0.717, 1.165) is 10.9 Å². The highest BCUT2D eigenvalue weighted by molar-refractivity contribution is 9.10. The van der Waals surface area contributed by atoms with Crippen LogP contribution in [0.1, 0.15) is 22.7 Å². The smallest absolute Gasteiger partial charge is 0.128 e. The molecule has 104 valence electrons. The fourth-order valence-electron chi connectivity index (χ4n) is 2.67. The third-order valence-electron chi connectivity index (χ3n) is 3.69. The van der Waals surface area contributed by atoms with Gasteiger partial charge < -0.3 is 5.32 Å². The van der Waals surface area contributed by atoms with Crippen molar-refractivity contribution >= 4 is 27.5 Å². The molecule has 1 aliphatic rings. The van der Waals surface area contributed by atoms with Gasteiger partial charge in [-0.15, -0.1) is 11.6 Å². The number of benzene rings is 2. The number of hydrogen-bond donors (Lipinski definition) is 1. The van der Waals surface area contributed by atoms with E-state index in [2.05, 4.69) is 33.4 Å². The van der Waals surface area contributed by atoms with Gasteiger partial charge in [0.25, 0.3) is 0 Å². The van der Waals surface area contributed by atoms with E-state index in [1.54, 1.807) is 6.07 Å². The molecule has 0 heterocycles. The molecule has 0 amide bonds. The molecular weight excluding hydrogens is 341 g/mol. The van der Waals surface area contributed by atoms with E-state index in [1.807, 2.05) is 18.2 Å². The Balaban J connectivity index is 1.75. The summed E-state index contributed by atoms with van der Waals surface area (Å²) in [5, 5.41) is 3.40. The highest BCUT2D eigenvalue weighted by Crippen LogP contribution is 2.34. The number of hydrogen-bond acceptors (Lipinski definition) is 1. The summed E-state index contributed by atoms with van der Waals surface area (Å²) >= 11 is 9.67. The monoisotopic (exact) mass is 353 g/mol. The molecule has 0 saturated heterocycles. The van der Waals surface area contributed by atoms with E-state index in [4.69, 9.17) is 11.6 Å². The van der Waals surface area contributed by atoms with Gasteiger partial charge in [-0.25, -0.2) is 4.39 Å². The van der Waals surface area contributed by atoms with Gasteiger partial charge in [-0.1, -0.05) is 46.3 Å². The summed E-state index contributed by atoms with van der Waals surface area (Å²) in [4.78, 5) is 0. The van der Waals surface area contributed by atoms with E-state index >= 15 is 0 Å². The topological polar surface area (TPSA) is 12.0 Å². The van der Waals surface area contributed by atoms with Crippen LogP contribution in [0.15, 0.2) is 46.9 Å². The van der Waals surface area contributed by atoms with Gasteiger partial charge >= 0.3 is 0 Å². The molecule has 2 aromatic carbocycles. The SMILES string of the molecule is Fc1cc(Br)ccc1CNC1c2ccccc2CC1Cl. The average molecular weight is 355 g/mol. The number of halogens is 3. The lowest BCUT2D eigenvalue weighted by Gasteiger charge is -2.17. The Morgan fingerprint density at radius 1 is 1.25 bits per heavy atom. The maximum absolute atomic E-state index is 13.8. The summed E-state index contributed by atoms with van der Waals surface area (Å²) in [5.41, 5.74) is 3.16. The summed E-state index contributed by atoms with van der Waals surface area (Å²) in [6, 6.07) is 13.4. The first-order chi connectivity index (χ1) is 9.65. The van der Waals surface area contributed by atoms with Crippen molar-refractivity contribution in [1.29, 1.82) is 0 Å². The van der Waals surface area contributed by atoms with Crippen molar-refractivity contribution in [2.45, 2.75) is 24.4 Å². The van der Waals surface area contributed by atoms with Crippen LogP contribution in [0.2, 0.25) is 0 Å². The second kappa shape index (κ2) is 5.84. The van der Waals surface area contributed by atoms with E-state index in [0.29, 0.717) is 12.1 Å². The molecule has 3 rings (SSSR count). The van der Waals surface area contributed by atoms with Crippen LogP contribution in [0.5, 0.6) is 0 Å². The summed E-state index contributed by atoms with van der Waals surface area (Å²) in [6.45, 7) is 0.474. The highest BCUT2D eigenvalue weighted by Gasteiger charge is 2.30. The third kappa shape index (κ3) is 2.76. The zero-order chi connectivity index (χ0) is 14.1. The van der Waals surface area contributed by atoms with Gasteiger partial charge in [0.1, 0.15) is 5.82 Å². The standard InChI is InChI=1S/C16H14BrClFN/c17-12-6-5-11(15(19)8-12)9-20-16-13-4-2-1-3-10(13)7-14(16)18/h1-6,8,14,16,20H,7,9H2. The van der Waals surface area contributed by atoms with Gasteiger partial charge in [0.2, 0.25) is 0 Å². The first kappa shape index (κ1) is 14.1. The van der Waals surface area contributed by atoms with Crippen LogP contribution in [0.4, 0.5) is 4.39 Å². The minimum absolute atomic E-state index is 0.0194. The second-order valence-electron chi connectivity index (χ2n) is 5.01. The van der Waals surface area contributed by atoms with Crippen molar-refractivity contribution in [3.05, 3.63) is 69.4 Å². The molecular formula is C16H14BrClFN. The normalized spacial score (nSPS) is 20.9. The Bertz CT molecular complexity index is 632. The molecule has 0 spiro atoms. The van der Waals surface area contributed by atoms with Crippen LogP contribution in [0.3, 0.4) is 0 Å². The predicted molar refractivity (Wildman–Crippen MR) is 83.5 cm³/mol. The van der Waals surface area contributed by atoms with Crippen LogP contribution in [0.25, 0.3) is 0 Å². The fourth-order valence-corrected chi connectivity index (χ4v) is 3.39. The van der Waals surface area contributed by atoms with Crippen LogP contribution >= 0.6 is 27.5 Å². The van der Waals surface area contributed by atoms with Crippen LogP contribution < -0.4 is 5.32 Å². The minimum Gasteiger partial charge on any atom is -0.304 e. The van der Waals surface area contributed by atoms with E-state index < -0.39 is 0 Å². The molecule has 0 saturated carbocycles. The molecule has 1 aliphatic carbocycles. The van der Waals surface area contributed by atoms with Gasteiger partial charge in [-0.05, 0) is 29.7 Å². The minimum atomic E-state index is -0.204. The zero-order valence-corrected chi connectivity index (χ0v) is 13.1. The maximum Gasteiger partial charge on any atom is 0.128 e. The number of fused-ring (bicyclic) bond motifs is 1. The molecule has 0 radical (unpaired) electrons. The van der Waals surface area contributed by atoms with Gasteiger partial charge in [0, 0.05) is 22.6 Å². The summed E-state index contributed by atoms with van der Waals surface area (Å²) in [7, 11) is 0. The van der Waals surface area contributed by atoms with Crippen molar-refractivity contribution in [2.75, 3.05) is 0 Å². The molecule has 4 heteroatoms. The van der Waals surface area contributed by atoms with Crippen LogP contribution in [0, 0.1) is 5.82 Å². The molecule has 0 bridgehead atoms. The van der Waals surface area contributed by atoms with E-state index in [-0.39, 0.29) is 17.2 Å². The number of rotatable bonds is 3. The quantitative estimate of drug-likeness (QED) is 0.795. The lowest BCUT2D eigenvalue weighted by atomic mass is 10.1. The Labute approximate surface area is 131 Å². The first-order valence-electron chi connectivity index (χ1n) is 6.54. The third-order valence-corrected chi connectivity index (χ3v) is 4.59. The molecule has 1 nitrogen and oxygen atoms in total. The van der Waals surface area contributed by atoms with E-state index in [9.17, 15) is 4.39 Å². The van der Waals surface area contributed by atoms with Crippen molar-refractivity contribution < 1.29 is 4.39 Å². The Morgan fingerprint density at radius 2 is 2.05 bits per heavy atom. The maximum atomic E-state index is 13.8. The molecule has 1 N–H and O–H groups in total. The van der Waals surface area contributed by atoms with Crippen LogP contribution in [-0.4, -0.2) is 5.38 Å². The summed E-state index contributed by atoms with van der Waals surface area (Å²) < 4.78 is 14.6. The van der Waals surface area contributed by atoms with Crippen molar-refractivity contribution in [3.63, 3.8) is 0 Å². The first-order valence-corrected chi connectivity index (χ1v) is 7.77. The van der Waals surface area contributed by atoms with Crippen molar-refractivity contribution in [1.82, 2.24) is 5.32 Å². The zero-order valence-electron chi connectivity index (χ0n) is 10.7. The molecule has 0 aromatic heterocycles. The molecule has 2 aromatic rings. The lowest BCUT2D eigenvalue weighted by Crippen LogP contribution is -2.25. The highest BCUT2D eigenvalue weighted by atomic mass is 79.9. The Kier molecular flexibility index (Phi) is 4.11. The molecule has 2 atom stereocenters.